The number of H-pyrrole nitrogens is 2. The number of aromatic amines is 2. The van der Waals surface area contributed by atoms with Crippen molar-refractivity contribution in [3.05, 3.63) is 21.0 Å². The molecule has 5 nitrogen and oxygen atoms in total. The molecule has 0 atom stereocenters. The van der Waals surface area contributed by atoms with Crippen LogP contribution in [-0.4, -0.2) is 16.6 Å². The molecule has 0 unspecified atom stereocenters. The van der Waals surface area contributed by atoms with E-state index in [0.29, 0.717) is 0 Å². The Kier molecular flexibility index (Phi) is 2.41. The normalized spacial score (nSPS) is 12.1. The van der Waals surface area contributed by atoms with Gasteiger partial charge in [-0.15, -0.1) is 4.91 Å². The Morgan fingerprint density at radius 1 is 1.29 bits per heavy atom. The van der Waals surface area contributed by atoms with E-state index in [1.54, 1.807) is 5.10 Å². The number of nitrogens with one attached hydrogen (secondary N) is 2. The lowest BCUT2D eigenvalue weighted by atomic mass is 10.2. The number of rotatable bonds is 3. The molecule has 0 amide bonds. The van der Waals surface area contributed by atoms with Crippen LogP contribution in [0.4, 0.5) is 23.2 Å². The van der Waals surface area contributed by atoms with Crippen LogP contribution in [0.1, 0.15) is 5.69 Å². The van der Waals surface area contributed by atoms with Gasteiger partial charge >= 0.3 is 12.3 Å². The average Bonchev–Trinajstić information content (AvgIpc) is 2.46. The quantitative estimate of drug-likeness (QED) is 0.588. The highest BCUT2D eigenvalue weighted by molar-refractivity contribution is 5.41. The van der Waals surface area contributed by atoms with E-state index >= 15 is 0 Å². The SMILES string of the molecule is O=Nc1c(C(F)(F)C(F)F)[nH][nH]c1=O. The van der Waals surface area contributed by atoms with Gasteiger partial charge in [0.25, 0.3) is 5.56 Å². The molecule has 0 aliphatic rings. The zero-order valence-electron chi connectivity index (χ0n) is 6.35. The van der Waals surface area contributed by atoms with Crippen LogP contribution in [0.15, 0.2) is 9.97 Å². The van der Waals surface area contributed by atoms with Crippen molar-refractivity contribution in [2.45, 2.75) is 12.3 Å². The molecule has 1 aromatic heterocycles. The third kappa shape index (κ3) is 1.40. The highest BCUT2D eigenvalue weighted by Crippen LogP contribution is 2.36. The highest BCUT2D eigenvalue weighted by Gasteiger charge is 2.47. The molecule has 1 aromatic rings. The van der Waals surface area contributed by atoms with E-state index in [-0.39, 0.29) is 0 Å². The van der Waals surface area contributed by atoms with Crippen molar-refractivity contribution >= 4 is 5.69 Å². The second-order valence-corrected chi connectivity index (χ2v) is 2.32. The van der Waals surface area contributed by atoms with Gasteiger partial charge in [-0.25, -0.2) is 8.78 Å². The molecule has 0 aliphatic carbocycles. The summed E-state index contributed by atoms with van der Waals surface area (Å²) < 4.78 is 48.8. The summed E-state index contributed by atoms with van der Waals surface area (Å²) in [6.07, 6.45) is -4.03. The Bertz CT molecular complexity index is 396. The summed E-state index contributed by atoms with van der Waals surface area (Å²) in [5.41, 5.74) is -4.04. The van der Waals surface area contributed by atoms with Crippen LogP contribution in [0.25, 0.3) is 0 Å². The molecule has 0 fully saturated rings. The molecule has 1 heterocycles. The topological polar surface area (TPSA) is 78.1 Å². The Balaban J connectivity index is 3.32. The van der Waals surface area contributed by atoms with Gasteiger partial charge < -0.3 is 0 Å². The molecular formula is C5H3F4N3O2. The Morgan fingerprint density at radius 2 is 1.86 bits per heavy atom. The lowest BCUT2D eigenvalue weighted by Gasteiger charge is -2.12. The lowest BCUT2D eigenvalue weighted by Crippen LogP contribution is -2.24. The summed E-state index contributed by atoms with van der Waals surface area (Å²) in [5.74, 6) is -4.61. The number of alkyl halides is 4. The molecule has 0 saturated carbocycles. The van der Waals surface area contributed by atoms with E-state index in [9.17, 15) is 27.3 Å². The Hall–Kier alpha value is -1.67. The summed E-state index contributed by atoms with van der Waals surface area (Å²) >= 11 is 0. The van der Waals surface area contributed by atoms with E-state index in [2.05, 4.69) is 0 Å². The van der Waals surface area contributed by atoms with Gasteiger partial charge in [-0.05, 0) is 5.18 Å². The predicted octanol–water partition coefficient (Wildman–Crippen LogP) is 1.46. The number of hydrogen-bond donors (Lipinski definition) is 2. The molecule has 9 heteroatoms. The van der Waals surface area contributed by atoms with Crippen LogP contribution >= 0.6 is 0 Å². The minimum atomic E-state index is -4.61. The smallest absolute Gasteiger partial charge is 0.294 e. The van der Waals surface area contributed by atoms with Crippen molar-refractivity contribution in [2.24, 2.45) is 5.18 Å². The van der Waals surface area contributed by atoms with Gasteiger partial charge in [0, 0.05) is 0 Å². The van der Waals surface area contributed by atoms with Crippen LogP contribution in [0, 0.1) is 4.91 Å². The number of aromatic nitrogens is 2. The zero-order valence-corrected chi connectivity index (χ0v) is 6.35. The molecule has 0 spiro atoms. The summed E-state index contributed by atoms with van der Waals surface area (Å²) in [6, 6.07) is 0. The first-order valence-electron chi connectivity index (χ1n) is 3.21. The van der Waals surface area contributed by atoms with Gasteiger partial charge in [-0.1, -0.05) is 0 Å². The van der Waals surface area contributed by atoms with Crippen molar-refractivity contribution in [1.29, 1.82) is 0 Å². The van der Waals surface area contributed by atoms with E-state index in [1.807, 2.05) is 5.18 Å². The van der Waals surface area contributed by atoms with E-state index in [4.69, 9.17) is 0 Å². The molecule has 0 aliphatic heterocycles. The standard InChI is InChI=1S/C5H3F4N3O2/c6-4(7)5(8,9)2-1(12-14)3(13)11-10-2/h4H,(H2,10,11,13). The monoisotopic (exact) mass is 213 g/mol. The molecule has 0 saturated heterocycles. The zero-order chi connectivity index (χ0) is 10.9. The molecule has 14 heavy (non-hydrogen) atoms. The van der Waals surface area contributed by atoms with Crippen LogP contribution in [0.3, 0.4) is 0 Å². The Labute approximate surface area is 73.1 Å². The van der Waals surface area contributed by atoms with Crippen LogP contribution in [0.2, 0.25) is 0 Å². The molecule has 0 aromatic carbocycles. The van der Waals surface area contributed by atoms with Crippen LogP contribution in [-0.2, 0) is 5.92 Å². The molecule has 0 radical (unpaired) electrons. The summed E-state index contributed by atoms with van der Waals surface area (Å²) in [6.45, 7) is 0. The van der Waals surface area contributed by atoms with Crippen molar-refractivity contribution in [2.75, 3.05) is 0 Å². The van der Waals surface area contributed by atoms with Gasteiger partial charge in [0.2, 0.25) is 5.69 Å². The number of halogens is 4. The maximum atomic E-state index is 12.6. The largest absolute Gasteiger partial charge is 0.350 e. The molecular weight excluding hydrogens is 210 g/mol. The van der Waals surface area contributed by atoms with E-state index < -0.39 is 29.3 Å². The predicted molar refractivity (Wildman–Crippen MR) is 36.8 cm³/mol. The third-order valence-electron chi connectivity index (χ3n) is 1.45. The minimum Gasteiger partial charge on any atom is -0.294 e. The second kappa shape index (κ2) is 3.24. The fourth-order valence-electron chi connectivity index (χ4n) is 0.789. The maximum absolute atomic E-state index is 12.6. The molecule has 2 N–H and O–H groups in total. The highest BCUT2D eigenvalue weighted by atomic mass is 19.3. The minimum absolute atomic E-state index is 1.27. The van der Waals surface area contributed by atoms with Crippen LogP contribution < -0.4 is 5.56 Å². The average molecular weight is 213 g/mol. The molecule has 0 bridgehead atoms. The number of nitrogens with zero attached hydrogens (tertiary/aromatic N) is 1. The first-order chi connectivity index (χ1) is 6.41. The fourth-order valence-corrected chi connectivity index (χ4v) is 0.789. The summed E-state index contributed by atoms with van der Waals surface area (Å²) in [4.78, 5) is 20.5. The van der Waals surface area contributed by atoms with Crippen molar-refractivity contribution < 1.29 is 17.6 Å². The van der Waals surface area contributed by atoms with Crippen molar-refractivity contribution in [3.63, 3.8) is 0 Å². The first-order valence-corrected chi connectivity index (χ1v) is 3.21. The van der Waals surface area contributed by atoms with Gasteiger partial charge in [0.05, 0.1) is 0 Å². The van der Waals surface area contributed by atoms with Crippen molar-refractivity contribution in [1.82, 2.24) is 10.2 Å². The maximum Gasteiger partial charge on any atom is 0.350 e. The van der Waals surface area contributed by atoms with Gasteiger partial charge in [-0.2, -0.15) is 8.78 Å². The number of nitroso groups, excluding NO2 is 1. The first kappa shape index (κ1) is 10.4. The lowest BCUT2D eigenvalue weighted by molar-refractivity contribution is -0.137. The van der Waals surface area contributed by atoms with E-state index in [1.165, 1.54) is 5.10 Å². The van der Waals surface area contributed by atoms with E-state index in [0.717, 1.165) is 0 Å². The van der Waals surface area contributed by atoms with Gasteiger partial charge in [-0.3, -0.25) is 15.0 Å². The van der Waals surface area contributed by atoms with Gasteiger partial charge in [0.15, 0.2) is 0 Å². The van der Waals surface area contributed by atoms with Crippen molar-refractivity contribution in [3.8, 4) is 0 Å². The summed E-state index contributed by atoms with van der Waals surface area (Å²) in [5, 5.41) is 4.99. The second-order valence-electron chi connectivity index (χ2n) is 2.32. The van der Waals surface area contributed by atoms with Gasteiger partial charge in [0.1, 0.15) is 5.69 Å². The third-order valence-corrected chi connectivity index (χ3v) is 1.45. The molecule has 1 rings (SSSR count). The number of hydrogen-bond acceptors (Lipinski definition) is 3. The summed E-state index contributed by atoms with van der Waals surface area (Å²) in [7, 11) is 0. The fraction of sp³-hybridized carbons (Fsp3) is 0.400. The Morgan fingerprint density at radius 3 is 2.29 bits per heavy atom. The van der Waals surface area contributed by atoms with Crippen LogP contribution in [0.5, 0.6) is 0 Å². The molecule has 78 valence electrons.